The Labute approximate surface area is 183 Å². The van der Waals surface area contributed by atoms with E-state index in [1.807, 2.05) is 6.92 Å². The second-order valence-electron chi connectivity index (χ2n) is 4.77. The number of carbonyl (C=O) groups is 1. The Morgan fingerprint density at radius 3 is 3.11 bits per heavy atom. The van der Waals surface area contributed by atoms with Gasteiger partial charge in [0.1, 0.15) is 6.61 Å². The molecule has 2 atom stereocenters. The predicted octanol–water partition coefficient (Wildman–Crippen LogP) is -3.04. The van der Waals surface area contributed by atoms with Gasteiger partial charge in [0.2, 0.25) is 5.13 Å². The molecule has 0 aliphatic carbocycles. The first-order valence-corrected chi connectivity index (χ1v) is 9.61. The van der Waals surface area contributed by atoms with Crippen LogP contribution in [0.25, 0.3) is 0 Å². The molecule has 1 saturated heterocycles. The molecule has 0 spiro atoms. The Morgan fingerprint density at radius 2 is 2.44 bits per heavy atom. The maximum atomic E-state index is 12.5. The van der Waals surface area contributed by atoms with Crippen LogP contribution in [0.4, 0.5) is 5.13 Å². The van der Waals surface area contributed by atoms with Crippen LogP contribution in [0.2, 0.25) is 0 Å². The number of carboxylic acid groups (broad SMARTS) is 1. The van der Waals surface area contributed by atoms with Crippen molar-refractivity contribution in [2.45, 2.75) is 13.2 Å². The number of hydrogen-bond donors (Lipinski definition) is 1. The van der Waals surface area contributed by atoms with Crippen LogP contribution in [-0.2, 0) is 23.7 Å². The first-order chi connectivity index (χ1) is 12.6. The molecule has 0 amide bonds. The summed E-state index contributed by atoms with van der Waals surface area (Å²) < 4.78 is 28.9. The molecule has 1 aliphatic rings. The van der Waals surface area contributed by atoms with Crippen molar-refractivity contribution >= 4 is 36.4 Å². The van der Waals surface area contributed by atoms with Crippen LogP contribution in [0.3, 0.4) is 0 Å². The average Bonchev–Trinajstić information content (AvgIpc) is 3.07. The van der Waals surface area contributed by atoms with Gasteiger partial charge in [-0.1, -0.05) is 17.8 Å². The molecule has 1 aromatic heterocycles. The second-order valence-corrected chi connectivity index (χ2v) is 6.80. The van der Waals surface area contributed by atoms with E-state index >= 15 is 0 Å². The topological polar surface area (TPSA) is 138 Å². The first-order valence-electron chi connectivity index (χ1n) is 7.62. The number of ether oxygens (including phenoxy) is 2. The van der Waals surface area contributed by atoms with Crippen molar-refractivity contribution in [2.75, 3.05) is 38.1 Å². The molecule has 1 aliphatic heterocycles. The molecule has 27 heavy (non-hydrogen) atoms. The van der Waals surface area contributed by atoms with Gasteiger partial charge >= 0.3 is 37.7 Å². The van der Waals surface area contributed by atoms with Crippen LogP contribution in [0, 0.1) is 0 Å². The largest absolute Gasteiger partial charge is 1.00 e. The Bertz CT molecular complexity index is 688. The number of hydrogen-bond acceptors (Lipinski definition) is 10. The third kappa shape index (κ3) is 7.16. The van der Waals surface area contributed by atoms with E-state index in [1.165, 1.54) is 6.08 Å². The van der Waals surface area contributed by atoms with Crippen LogP contribution in [-0.4, -0.2) is 64.9 Å². The minimum atomic E-state index is -2.07. The zero-order valence-corrected chi connectivity index (χ0v) is 18.7. The summed E-state index contributed by atoms with van der Waals surface area (Å²) in [7, 11) is -2.07. The molecule has 1 N–H and O–H groups in total. The minimum absolute atomic E-state index is 0. The van der Waals surface area contributed by atoms with Crippen LogP contribution < -0.4 is 39.8 Å². The smallest absolute Gasteiger partial charge is 0.543 e. The van der Waals surface area contributed by atoms with Gasteiger partial charge in [0.25, 0.3) is 0 Å². The van der Waals surface area contributed by atoms with Crippen molar-refractivity contribution < 1.29 is 58.3 Å². The monoisotopic (exact) mass is 426 g/mol. The molecule has 2 heterocycles. The van der Waals surface area contributed by atoms with E-state index in [0.29, 0.717) is 26.4 Å². The Hall–Kier alpha value is -0.980. The van der Waals surface area contributed by atoms with Gasteiger partial charge in [0.15, 0.2) is 17.8 Å². The number of nitrogens with one attached hydrogen (secondary N) is 1. The van der Waals surface area contributed by atoms with E-state index in [4.69, 9.17) is 14.3 Å². The molecule has 2 rings (SSSR count). The summed E-state index contributed by atoms with van der Waals surface area (Å²) in [6.45, 7) is 6.88. The fourth-order valence-electron chi connectivity index (χ4n) is 1.94. The number of anilines is 1. The van der Waals surface area contributed by atoms with E-state index in [2.05, 4.69) is 26.2 Å². The number of nitrogens with zero attached hydrogens (tertiary/aromatic N) is 4. The number of aromatic nitrogens is 2. The van der Waals surface area contributed by atoms with Crippen molar-refractivity contribution in [3.8, 4) is 0 Å². The molecule has 11 nitrogen and oxygen atoms in total. The second kappa shape index (κ2) is 12.5. The summed E-state index contributed by atoms with van der Waals surface area (Å²) in [6, 6.07) is 0. The number of carboxylic acids is 1. The molecule has 0 bridgehead atoms. The Kier molecular flexibility index (Phi) is 11.1. The summed E-state index contributed by atoms with van der Waals surface area (Å²) in [4.78, 5) is 19.9. The van der Waals surface area contributed by atoms with Crippen LogP contribution >= 0.6 is 19.6 Å². The third-order valence-corrected chi connectivity index (χ3v) is 5.13. The SMILES string of the molecule is C=CCON=C(C(=O)[O-])c1nsc(N[P+](=O)N2CCOCC2OCC)n1.[Na+]. The van der Waals surface area contributed by atoms with Gasteiger partial charge in [-0.3, -0.25) is 0 Å². The number of morpholine rings is 1. The summed E-state index contributed by atoms with van der Waals surface area (Å²) in [5, 5.41) is 17.4. The van der Waals surface area contributed by atoms with E-state index in [-0.39, 0.29) is 47.1 Å². The van der Waals surface area contributed by atoms with Crippen LogP contribution in [0.1, 0.15) is 12.7 Å². The predicted molar refractivity (Wildman–Crippen MR) is 91.8 cm³/mol. The van der Waals surface area contributed by atoms with Gasteiger partial charge in [-0.15, -0.1) is 5.09 Å². The van der Waals surface area contributed by atoms with E-state index in [1.54, 1.807) is 4.67 Å². The van der Waals surface area contributed by atoms with Crippen molar-refractivity contribution in [1.82, 2.24) is 14.0 Å². The minimum Gasteiger partial charge on any atom is -0.543 e. The van der Waals surface area contributed by atoms with Gasteiger partial charge in [0, 0.05) is 18.1 Å². The molecule has 0 radical (unpaired) electrons. The molecule has 14 heteroatoms. The molecule has 2 unspecified atom stereocenters. The fourth-order valence-corrected chi connectivity index (χ4v) is 3.74. The Morgan fingerprint density at radius 1 is 1.67 bits per heavy atom. The zero-order chi connectivity index (χ0) is 18.9. The Balaban J connectivity index is 0.00000364. The van der Waals surface area contributed by atoms with Crippen LogP contribution in [0.15, 0.2) is 17.8 Å². The molecular formula is C13H18N5NaO6PS+. The third-order valence-electron chi connectivity index (χ3n) is 3.02. The van der Waals surface area contributed by atoms with Crippen molar-refractivity contribution in [2.24, 2.45) is 5.16 Å². The first kappa shape index (κ1) is 24.1. The standard InChI is InChI=1S/C13H18N5O6PS.Na/c1-3-6-24-15-10(12(19)20)11-14-13(26-17-11)16-25(21)18-5-7-22-8-9(18)23-4-2;/h3,9H,1,4-8H2,2H3,(H-,14,16,17,19,20,21);/q;+1. The van der Waals surface area contributed by atoms with E-state index in [9.17, 15) is 14.5 Å². The molecule has 0 saturated carbocycles. The van der Waals surface area contributed by atoms with Crippen molar-refractivity contribution in [3.63, 3.8) is 0 Å². The number of aliphatic carboxylic acids is 1. The van der Waals surface area contributed by atoms with Gasteiger partial charge in [-0.2, -0.15) is 9.36 Å². The van der Waals surface area contributed by atoms with Gasteiger partial charge in [-0.05, 0) is 16.2 Å². The summed E-state index contributed by atoms with van der Waals surface area (Å²) in [5.74, 6) is -1.79. The normalized spacial score (nSPS) is 18.3. The van der Waals surface area contributed by atoms with Crippen molar-refractivity contribution in [1.29, 1.82) is 0 Å². The number of oxime groups is 1. The molecule has 1 aromatic rings. The van der Waals surface area contributed by atoms with E-state index < -0.39 is 26.0 Å². The van der Waals surface area contributed by atoms with Gasteiger partial charge in [-0.25, -0.2) is 0 Å². The van der Waals surface area contributed by atoms with Gasteiger partial charge in [0.05, 0.1) is 25.7 Å². The molecular weight excluding hydrogens is 408 g/mol. The fraction of sp³-hybridized carbons (Fsp3) is 0.538. The summed E-state index contributed by atoms with van der Waals surface area (Å²) in [6.07, 6.45) is 0.962. The summed E-state index contributed by atoms with van der Waals surface area (Å²) >= 11 is 0.839. The number of carbonyl (C=O) groups excluding carboxylic acids is 1. The molecule has 0 aromatic carbocycles. The average molecular weight is 426 g/mol. The van der Waals surface area contributed by atoms with Gasteiger partial charge < -0.3 is 24.2 Å². The molecule has 142 valence electrons. The maximum Gasteiger partial charge on any atom is 1.00 e. The zero-order valence-electron chi connectivity index (χ0n) is 15.0. The quantitative estimate of drug-likeness (QED) is 0.103. The van der Waals surface area contributed by atoms with Crippen LogP contribution in [0.5, 0.6) is 0 Å². The summed E-state index contributed by atoms with van der Waals surface area (Å²) in [5.41, 5.74) is -0.565. The maximum absolute atomic E-state index is 12.5. The molecule has 1 fully saturated rings. The van der Waals surface area contributed by atoms with Crippen molar-refractivity contribution in [3.05, 3.63) is 18.5 Å². The number of rotatable bonds is 10. The van der Waals surface area contributed by atoms with E-state index in [0.717, 1.165) is 11.5 Å².